The van der Waals surface area contributed by atoms with Crippen LogP contribution in [0.15, 0.2) is 24.3 Å². The maximum Gasteiger partial charge on any atom is 0.238 e. The van der Waals surface area contributed by atoms with Gasteiger partial charge in [0.25, 0.3) is 0 Å². The zero-order valence-corrected chi connectivity index (χ0v) is 13.4. The van der Waals surface area contributed by atoms with Crippen molar-refractivity contribution in [1.29, 1.82) is 0 Å². The summed E-state index contributed by atoms with van der Waals surface area (Å²) in [6.45, 7) is -0.0696. The van der Waals surface area contributed by atoms with Gasteiger partial charge in [-0.15, -0.1) is 0 Å². The molecule has 0 aliphatic heterocycles. The van der Waals surface area contributed by atoms with Gasteiger partial charge in [-0.2, -0.15) is 0 Å². The van der Waals surface area contributed by atoms with Crippen LogP contribution in [0.2, 0.25) is 0 Å². The van der Waals surface area contributed by atoms with Crippen molar-refractivity contribution in [3.05, 3.63) is 29.8 Å². The second-order valence-electron chi connectivity index (χ2n) is 7.82. The first-order chi connectivity index (χ1) is 11.1. The van der Waals surface area contributed by atoms with Gasteiger partial charge in [-0.1, -0.05) is 12.1 Å². The van der Waals surface area contributed by atoms with Crippen LogP contribution in [0, 0.1) is 23.2 Å². The summed E-state index contributed by atoms with van der Waals surface area (Å²) >= 11 is 0. The lowest BCUT2D eigenvalue weighted by atomic mass is 9.48. The summed E-state index contributed by atoms with van der Waals surface area (Å²) in [5, 5.41) is 2.79. The number of nitrogens with one attached hydrogen (secondary N) is 1. The molecule has 1 aromatic carbocycles. The fraction of sp³-hybridized carbons (Fsp3) is 0.579. The lowest BCUT2D eigenvalue weighted by molar-refractivity contribution is -0.114. The maximum absolute atomic E-state index is 13.4. The van der Waals surface area contributed by atoms with Crippen LogP contribution in [0.1, 0.15) is 48.9 Å². The van der Waals surface area contributed by atoms with Crippen molar-refractivity contribution >= 4 is 17.4 Å². The summed E-state index contributed by atoms with van der Waals surface area (Å²) in [6.07, 6.45) is 7.07. The molecular formula is C19H24N2O2. The van der Waals surface area contributed by atoms with Gasteiger partial charge < -0.3 is 11.1 Å². The van der Waals surface area contributed by atoms with E-state index in [4.69, 9.17) is 5.73 Å². The fourth-order valence-electron chi connectivity index (χ4n) is 5.67. The SMILES string of the molecule is NCC(=O)Nc1ccccc1C(=O)C12CC3CC(CC(C3)C1)C2. The average Bonchev–Trinajstić information content (AvgIpc) is 2.53. The van der Waals surface area contributed by atoms with Crippen LogP contribution in [0.25, 0.3) is 0 Å². The summed E-state index contributed by atoms with van der Waals surface area (Å²) in [5.41, 5.74) is 6.49. The number of hydrogen-bond acceptors (Lipinski definition) is 3. The minimum Gasteiger partial charge on any atom is -0.324 e. The Labute approximate surface area is 136 Å². The molecule has 4 fully saturated rings. The van der Waals surface area contributed by atoms with E-state index in [1.165, 1.54) is 19.3 Å². The summed E-state index contributed by atoms with van der Waals surface area (Å²) < 4.78 is 0. The summed E-state index contributed by atoms with van der Waals surface area (Å²) in [7, 11) is 0. The van der Waals surface area contributed by atoms with Gasteiger partial charge in [0.15, 0.2) is 5.78 Å². The first kappa shape index (κ1) is 14.9. The number of nitrogens with two attached hydrogens (primary N) is 1. The Morgan fingerprint density at radius 2 is 1.61 bits per heavy atom. The smallest absolute Gasteiger partial charge is 0.238 e. The molecule has 4 bridgehead atoms. The molecule has 1 amide bonds. The topological polar surface area (TPSA) is 72.2 Å². The molecule has 0 radical (unpaired) electrons. The third-order valence-corrected chi connectivity index (χ3v) is 6.15. The number of rotatable bonds is 4. The highest BCUT2D eigenvalue weighted by molar-refractivity contribution is 6.08. The largest absolute Gasteiger partial charge is 0.324 e. The number of Topliss-reactive ketones (excluding diaryl/α,β-unsaturated/α-hetero) is 1. The molecule has 122 valence electrons. The normalized spacial score (nSPS) is 34.4. The fourth-order valence-corrected chi connectivity index (χ4v) is 5.67. The third-order valence-electron chi connectivity index (χ3n) is 6.15. The molecule has 0 atom stereocenters. The van der Waals surface area contributed by atoms with E-state index in [9.17, 15) is 9.59 Å². The minimum atomic E-state index is -0.254. The van der Waals surface area contributed by atoms with Gasteiger partial charge in [0.05, 0.1) is 12.2 Å². The predicted octanol–water partition coefficient (Wildman–Crippen LogP) is 2.98. The van der Waals surface area contributed by atoms with Crippen LogP contribution in [-0.2, 0) is 4.79 Å². The second-order valence-corrected chi connectivity index (χ2v) is 7.82. The van der Waals surface area contributed by atoms with Crippen LogP contribution < -0.4 is 11.1 Å². The van der Waals surface area contributed by atoms with E-state index in [0.717, 1.165) is 37.0 Å². The first-order valence-corrected chi connectivity index (χ1v) is 8.73. The number of carbonyl (C=O) groups is 2. The van der Waals surface area contributed by atoms with Crippen molar-refractivity contribution in [3.8, 4) is 0 Å². The molecule has 5 rings (SSSR count). The molecule has 4 saturated carbocycles. The van der Waals surface area contributed by atoms with Crippen molar-refractivity contribution in [3.63, 3.8) is 0 Å². The van der Waals surface area contributed by atoms with E-state index in [0.29, 0.717) is 11.3 Å². The van der Waals surface area contributed by atoms with E-state index in [-0.39, 0.29) is 23.7 Å². The van der Waals surface area contributed by atoms with Crippen molar-refractivity contribution in [1.82, 2.24) is 0 Å². The summed E-state index contributed by atoms with van der Waals surface area (Å²) in [6, 6.07) is 7.39. The first-order valence-electron chi connectivity index (χ1n) is 8.73. The summed E-state index contributed by atoms with van der Waals surface area (Å²) in [4.78, 5) is 25.1. The molecule has 0 unspecified atom stereocenters. The van der Waals surface area contributed by atoms with Gasteiger partial charge in [-0.25, -0.2) is 0 Å². The monoisotopic (exact) mass is 312 g/mol. The highest BCUT2D eigenvalue weighted by Crippen LogP contribution is 2.61. The molecule has 0 heterocycles. The predicted molar refractivity (Wildman–Crippen MR) is 89.1 cm³/mol. The number of benzene rings is 1. The zero-order chi connectivity index (χ0) is 16.0. The zero-order valence-electron chi connectivity index (χ0n) is 13.4. The van der Waals surface area contributed by atoms with Crippen LogP contribution in [0.4, 0.5) is 5.69 Å². The molecule has 0 spiro atoms. The standard InChI is InChI=1S/C19H24N2O2/c20-11-17(22)21-16-4-2-1-3-15(16)18(23)19-8-12-5-13(9-19)7-14(6-12)10-19/h1-4,12-14H,5-11,20H2,(H,21,22). The van der Waals surface area contributed by atoms with Gasteiger partial charge in [0.1, 0.15) is 0 Å². The molecule has 0 aromatic heterocycles. The Hall–Kier alpha value is -1.68. The molecule has 0 saturated heterocycles. The number of ketones is 1. The Morgan fingerprint density at radius 1 is 1.04 bits per heavy atom. The van der Waals surface area contributed by atoms with Crippen LogP contribution >= 0.6 is 0 Å². The molecule has 23 heavy (non-hydrogen) atoms. The van der Waals surface area contributed by atoms with E-state index in [1.54, 1.807) is 6.07 Å². The molecule has 4 aliphatic rings. The van der Waals surface area contributed by atoms with E-state index in [2.05, 4.69) is 5.32 Å². The highest BCUT2D eigenvalue weighted by Gasteiger charge is 2.54. The molecular weight excluding hydrogens is 288 g/mol. The molecule has 4 aliphatic carbocycles. The maximum atomic E-state index is 13.4. The Balaban J connectivity index is 1.66. The van der Waals surface area contributed by atoms with Gasteiger partial charge in [-0.05, 0) is 68.4 Å². The van der Waals surface area contributed by atoms with E-state index in [1.807, 2.05) is 18.2 Å². The van der Waals surface area contributed by atoms with Crippen molar-refractivity contribution < 1.29 is 9.59 Å². The van der Waals surface area contributed by atoms with Gasteiger partial charge in [-0.3, -0.25) is 9.59 Å². The van der Waals surface area contributed by atoms with Crippen LogP contribution in [0.3, 0.4) is 0 Å². The number of carbonyl (C=O) groups excluding carboxylic acids is 2. The lowest BCUT2D eigenvalue weighted by Crippen LogP contribution is -2.50. The minimum absolute atomic E-state index is 0.0696. The molecule has 1 aromatic rings. The van der Waals surface area contributed by atoms with E-state index >= 15 is 0 Å². The van der Waals surface area contributed by atoms with Crippen molar-refractivity contribution in [2.75, 3.05) is 11.9 Å². The van der Waals surface area contributed by atoms with Crippen molar-refractivity contribution in [2.45, 2.75) is 38.5 Å². The van der Waals surface area contributed by atoms with Gasteiger partial charge in [0.2, 0.25) is 5.91 Å². The Bertz CT molecular complexity index is 617. The molecule has 4 heteroatoms. The van der Waals surface area contributed by atoms with Crippen molar-refractivity contribution in [2.24, 2.45) is 28.9 Å². The lowest BCUT2D eigenvalue weighted by Gasteiger charge is -2.56. The van der Waals surface area contributed by atoms with Crippen LogP contribution in [-0.4, -0.2) is 18.2 Å². The quantitative estimate of drug-likeness (QED) is 0.840. The Morgan fingerprint density at radius 3 is 2.17 bits per heavy atom. The van der Waals surface area contributed by atoms with E-state index < -0.39 is 0 Å². The average molecular weight is 312 g/mol. The number of para-hydroxylation sites is 1. The second kappa shape index (κ2) is 5.45. The highest BCUT2D eigenvalue weighted by atomic mass is 16.2. The number of amides is 1. The van der Waals surface area contributed by atoms with Gasteiger partial charge >= 0.3 is 0 Å². The number of hydrogen-bond donors (Lipinski definition) is 2. The van der Waals surface area contributed by atoms with Crippen LogP contribution in [0.5, 0.6) is 0 Å². The number of anilines is 1. The summed E-state index contributed by atoms with van der Waals surface area (Å²) in [5.74, 6) is 2.18. The molecule has 3 N–H and O–H groups in total. The Kier molecular flexibility index (Phi) is 3.52. The molecule has 4 nitrogen and oxygen atoms in total. The van der Waals surface area contributed by atoms with Gasteiger partial charge in [0, 0.05) is 11.0 Å². The third kappa shape index (κ3) is 2.49.